The van der Waals surface area contributed by atoms with Crippen LogP contribution in [0.1, 0.15) is 31.2 Å². The number of nitrogens with zero attached hydrogens (tertiary/aromatic N) is 2. The molecule has 0 aromatic heterocycles. The van der Waals surface area contributed by atoms with E-state index in [0.717, 1.165) is 49.5 Å². The molecule has 0 radical (unpaired) electrons. The van der Waals surface area contributed by atoms with Crippen molar-refractivity contribution in [3.63, 3.8) is 0 Å². The number of benzene rings is 2. The van der Waals surface area contributed by atoms with Crippen LogP contribution >= 0.6 is 24.0 Å². The lowest BCUT2D eigenvalue weighted by Crippen LogP contribution is -2.46. The summed E-state index contributed by atoms with van der Waals surface area (Å²) in [6.07, 6.45) is 3.95. The lowest BCUT2D eigenvalue weighted by Gasteiger charge is -2.42. The van der Waals surface area contributed by atoms with E-state index in [9.17, 15) is 4.79 Å². The molecule has 150 valence electrons. The molecule has 2 amide bonds. The van der Waals surface area contributed by atoms with Crippen LogP contribution < -0.4 is 10.6 Å². The highest BCUT2D eigenvalue weighted by Crippen LogP contribution is 2.41. The first-order valence-electron chi connectivity index (χ1n) is 9.72. The topological polar surface area (TPSA) is 49.6 Å². The highest BCUT2D eigenvalue weighted by molar-refractivity contribution is 6.30. The molecule has 1 aliphatic carbocycles. The Kier molecular flexibility index (Phi) is 6.54. The van der Waals surface area contributed by atoms with E-state index in [1.807, 2.05) is 53.4 Å². The minimum atomic E-state index is -0.0245. The number of carbonyl (C=O) groups excluding carboxylic acids is 1. The Morgan fingerprint density at radius 2 is 1.75 bits per heavy atom. The number of hydrogen-bond donors (Lipinski definition) is 1. The summed E-state index contributed by atoms with van der Waals surface area (Å²) in [6.45, 7) is 2.17. The summed E-state index contributed by atoms with van der Waals surface area (Å²) in [6, 6.07) is 18.5. The summed E-state index contributed by atoms with van der Waals surface area (Å²) in [5.74, 6) is 0. The Labute approximate surface area is 178 Å². The Morgan fingerprint density at radius 3 is 2.39 bits per heavy atom. The molecule has 1 heterocycles. The standard InChI is InChI=1S/C22H26ClN3O.ClH/c23-18-6-4-5-17(15-18)22(16-24)11-9-20(10-12-22)26-14-13-25(21(26)27)19-7-2-1-3-8-19;/h1-8,15,20H,9-14,16,24H2;1H. The number of amides is 2. The first-order valence-corrected chi connectivity index (χ1v) is 10.1. The highest BCUT2D eigenvalue weighted by Gasteiger charge is 2.41. The van der Waals surface area contributed by atoms with Gasteiger partial charge in [0.2, 0.25) is 0 Å². The molecule has 2 aromatic carbocycles. The molecule has 4 rings (SSSR count). The summed E-state index contributed by atoms with van der Waals surface area (Å²) in [4.78, 5) is 16.9. The van der Waals surface area contributed by atoms with Crippen molar-refractivity contribution in [3.8, 4) is 0 Å². The van der Waals surface area contributed by atoms with Crippen LogP contribution in [0, 0.1) is 0 Å². The molecule has 28 heavy (non-hydrogen) atoms. The van der Waals surface area contributed by atoms with E-state index in [2.05, 4.69) is 11.0 Å². The second-order valence-corrected chi connectivity index (χ2v) is 8.13. The molecule has 2 aliphatic rings. The number of urea groups is 1. The van der Waals surface area contributed by atoms with E-state index in [1.165, 1.54) is 5.56 Å². The van der Waals surface area contributed by atoms with Gasteiger partial charge in [-0.1, -0.05) is 41.9 Å². The van der Waals surface area contributed by atoms with Gasteiger partial charge in [-0.2, -0.15) is 0 Å². The van der Waals surface area contributed by atoms with Gasteiger partial charge in [0.25, 0.3) is 0 Å². The van der Waals surface area contributed by atoms with Crippen molar-refractivity contribution in [1.29, 1.82) is 0 Å². The fourth-order valence-corrected chi connectivity index (χ4v) is 4.83. The summed E-state index contributed by atoms with van der Waals surface area (Å²) in [7, 11) is 0. The molecule has 1 aliphatic heterocycles. The average molecular weight is 420 g/mol. The largest absolute Gasteiger partial charge is 0.330 e. The van der Waals surface area contributed by atoms with Crippen LogP contribution in [0.4, 0.5) is 10.5 Å². The molecule has 0 spiro atoms. The lowest BCUT2D eigenvalue weighted by molar-refractivity contribution is 0.156. The van der Waals surface area contributed by atoms with E-state index < -0.39 is 0 Å². The monoisotopic (exact) mass is 419 g/mol. The molecule has 1 saturated heterocycles. The van der Waals surface area contributed by atoms with E-state index >= 15 is 0 Å². The fraction of sp³-hybridized carbons (Fsp3) is 0.409. The minimum absolute atomic E-state index is 0. The molecule has 0 bridgehead atoms. The smallest absolute Gasteiger partial charge is 0.324 e. The summed E-state index contributed by atoms with van der Waals surface area (Å²) in [5.41, 5.74) is 8.40. The second kappa shape index (κ2) is 8.73. The van der Waals surface area contributed by atoms with Crippen LogP contribution in [0.5, 0.6) is 0 Å². The molecule has 2 fully saturated rings. The molecule has 6 heteroatoms. The first-order chi connectivity index (χ1) is 13.1. The summed E-state index contributed by atoms with van der Waals surface area (Å²) >= 11 is 6.21. The Balaban J connectivity index is 0.00000225. The normalized spacial score (nSPS) is 24.9. The molecular formula is C22H27Cl2N3O. The predicted molar refractivity (Wildman–Crippen MR) is 118 cm³/mol. The number of nitrogens with two attached hydrogens (primary N) is 1. The van der Waals surface area contributed by atoms with Gasteiger partial charge >= 0.3 is 6.03 Å². The van der Waals surface area contributed by atoms with Crippen molar-refractivity contribution >= 4 is 35.7 Å². The van der Waals surface area contributed by atoms with Gasteiger partial charge in [-0.25, -0.2) is 4.79 Å². The van der Waals surface area contributed by atoms with Gasteiger partial charge in [-0.3, -0.25) is 4.90 Å². The molecule has 0 unspecified atom stereocenters. The van der Waals surface area contributed by atoms with Crippen LogP contribution in [0.25, 0.3) is 0 Å². The third-order valence-corrected chi connectivity index (χ3v) is 6.52. The quantitative estimate of drug-likeness (QED) is 0.769. The van der Waals surface area contributed by atoms with Gasteiger partial charge in [0, 0.05) is 41.8 Å². The molecule has 2 aromatic rings. The maximum absolute atomic E-state index is 13.0. The van der Waals surface area contributed by atoms with Crippen LogP contribution in [0.2, 0.25) is 5.02 Å². The van der Waals surface area contributed by atoms with Crippen molar-refractivity contribution in [1.82, 2.24) is 4.90 Å². The number of anilines is 1. The van der Waals surface area contributed by atoms with Crippen LogP contribution in [0.15, 0.2) is 54.6 Å². The van der Waals surface area contributed by atoms with Gasteiger partial charge in [-0.15, -0.1) is 12.4 Å². The number of hydrogen-bond acceptors (Lipinski definition) is 2. The molecule has 4 nitrogen and oxygen atoms in total. The number of rotatable bonds is 4. The maximum atomic E-state index is 13.0. The molecule has 1 saturated carbocycles. The average Bonchev–Trinajstić information content (AvgIpc) is 3.10. The fourth-order valence-electron chi connectivity index (χ4n) is 4.64. The van der Waals surface area contributed by atoms with E-state index in [-0.39, 0.29) is 23.9 Å². The Morgan fingerprint density at radius 1 is 1.04 bits per heavy atom. The van der Waals surface area contributed by atoms with Crippen molar-refractivity contribution in [3.05, 3.63) is 65.2 Å². The van der Waals surface area contributed by atoms with Gasteiger partial charge in [0.1, 0.15) is 0 Å². The minimum Gasteiger partial charge on any atom is -0.330 e. The van der Waals surface area contributed by atoms with E-state index in [4.69, 9.17) is 17.3 Å². The number of carbonyl (C=O) groups is 1. The van der Waals surface area contributed by atoms with Crippen molar-refractivity contribution in [2.24, 2.45) is 5.73 Å². The van der Waals surface area contributed by atoms with Crippen LogP contribution in [-0.2, 0) is 5.41 Å². The lowest BCUT2D eigenvalue weighted by atomic mass is 9.68. The zero-order valence-corrected chi connectivity index (χ0v) is 17.5. The highest BCUT2D eigenvalue weighted by atomic mass is 35.5. The van der Waals surface area contributed by atoms with Gasteiger partial charge < -0.3 is 10.6 Å². The first kappa shape index (κ1) is 21.0. The van der Waals surface area contributed by atoms with Crippen molar-refractivity contribution < 1.29 is 4.79 Å². The molecular weight excluding hydrogens is 393 g/mol. The zero-order chi connectivity index (χ0) is 18.9. The van der Waals surface area contributed by atoms with E-state index in [0.29, 0.717) is 12.6 Å². The predicted octanol–water partition coefficient (Wildman–Crippen LogP) is 4.84. The Hall–Kier alpha value is -1.75. The van der Waals surface area contributed by atoms with Crippen molar-refractivity contribution in [2.45, 2.75) is 37.1 Å². The van der Waals surface area contributed by atoms with Crippen molar-refractivity contribution in [2.75, 3.05) is 24.5 Å². The summed E-state index contributed by atoms with van der Waals surface area (Å²) < 4.78 is 0. The maximum Gasteiger partial charge on any atom is 0.324 e. The Bertz CT molecular complexity index is 806. The van der Waals surface area contributed by atoms with Crippen LogP contribution in [0.3, 0.4) is 0 Å². The zero-order valence-electron chi connectivity index (χ0n) is 15.9. The third kappa shape index (κ3) is 3.86. The van der Waals surface area contributed by atoms with E-state index in [1.54, 1.807) is 0 Å². The van der Waals surface area contributed by atoms with Gasteiger partial charge in [0.15, 0.2) is 0 Å². The molecule has 2 N–H and O–H groups in total. The summed E-state index contributed by atoms with van der Waals surface area (Å²) in [5, 5.41) is 0.760. The SMILES string of the molecule is Cl.NCC1(c2cccc(Cl)c2)CCC(N2CCN(c3ccccc3)C2=O)CC1. The second-order valence-electron chi connectivity index (χ2n) is 7.69. The van der Waals surface area contributed by atoms with Gasteiger partial charge in [-0.05, 0) is 55.5 Å². The number of halogens is 2. The third-order valence-electron chi connectivity index (χ3n) is 6.29. The van der Waals surface area contributed by atoms with Gasteiger partial charge in [0.05, 0.1) is 0 Å². The number of para-hydroxylation sites is 1. The molecule has 0 atom stereocenters. The van der Waals surface area contributed by atoms with Crippen LogP contribution in [-0.4, -0.2) is 36.6 Å².